The van der Waals surface area contributed by atoms with Crippen LogP contribution in [0.3, 0.4) is 0 Å². The molecule has 0 nitrogen and oxygen atoms in total. The molecule has 2 rings (SSSR count). The molecule has 2 fully saturated rings. The van der Waals surface area contributed by atoms with Gasteiger partial charge in [-0.1, -0.05) is 0 Å². The van der Waals surface area contributed by atoms with Gasteiger partial charge in [-0.2, -0.15) is 0 Å². The third-order valence-corrected chi connectivity index (χ3v) is 13.3. The van der Waals surface area contributed by atoms with E-state index in [4.69, 9.17) is 0 Å². The Balaban J connectivity index is 2.35. The van der Waals surface area contributed by atoms with Crippen LogP contribution in [0.4, 0.5) is 0 Å². The summed E-state index contributed by atoms with van der Waals surface area (Å²) in [5.74, 6) is 1.11. The van der Waals surface area contributed by atoms with Crippen molar-refractivity contribution in [3.05, 3.63) is 0 Å². The first kappa shape index (κ1) is 7.59. The Hall–Kier alpha value is 0.949. The molecule has 2 heterocycles. The van der Waals surface area contributed by atoms with Crippen LogP contribution in [0, 0.1) is 5.92 Å². The molecule has 2 aliphatic heterocycles. The van der Waals surface area contributed by atoms with Crippen molar-refractivity contribution >= 4 is 20.6 Å². The fourth-order valence-corrected chi connectivity index (χ4v) is 9.18. The van der Waals surface area contributed by atoms with Gasteiger partial charge in [0.05, 0.1) is 0 Å². The van der Waals surface area contributed by atoms with Gasteiger partial charge in [0.2, 0.25) is 0 Å². The monoisotopic (exact) mass is 222 g/mol. The zero-order valence-corrected chi connectivity index (χ0v) is 9.32. The molecule has 0 aromatic heterocycles. The first-order valence-electron chi connectivity index (χ1n) is 4.21. The van der Waals surface area contributed by atoms with E-state index in [1.54, 1.807) is 6.16 Å². The van der Waals surface area contributed by atoms with Crippen molar-refractivity contribution in [1.29, 1.82) is 0 Å². The van der Waals surface area contributed by atoms with E-state index in [0.29, 0.717) is 0 Å². The van der Waals surface area contributed by atoms with E-state index in [1.807, 2.05) is 0 Å². The van der Waals surface area contributed by atoms with Gasteiger partial charge in [0.1, 0.15) is 0 Å². The molecular formula is C8H15PSe. The standard InChI is InChI=1S/C8H15PSe/c1-6-3-8-4-7(2)9(6,10)5-8/h6-8H,3-5H2,1-2H3/t6-,7-,8?,9?/m0/s1. The Morgan fingerprint density at radius 2 is 1.70 bits per heavy atom. The van der Waals surface area contributed by atoms with Crippen LogP contribution in [-0.2, 0) is 0 Å². The number of rotatable bonds is 0. The molecule has 2 saturated heterocycles. The van der Waals surface area contributed by atoms with Gasteiger partial charge in [0.15, 0.2) is 0 Å². The molecule has 2 heteroatoms. The minimum atomic E-state index is -0.534. The molecule has 10 heavy (non-hydrogen) atoms. The molecule has 0 saturated carbocycles. The van der Waals surface area contributed by atoms with Gasteiger partial charge in [0, 0.05) is 0 Å². The molecule has 0 spiro atoms. The molecule has 58 valence electrons. The zero-order chi connectivity index (χ0) is 7.35. The van der Waals surface area contributed by atoms with E-state index in [9.17, 15) is 0 Å². The molecular weight excluding hydrogens is 206 g/mol. The molecule has 0 amide bonds. The van der Waals surface area contributed by atoms with E-state index in [2.05, 4.69) is 28.9 Å². The SMILES string of the molecule is C[C@H]1CC2C[C@H](C)P1(=[Se])C2. The summed E-state index contributed by atoms with van der Waals surface area (Å²) in [5, 5.41) is 0. The van der Waals surface area contributed by atoms with E-state index >= 15 is 0 Å². The first-order valence-corrected chi connectivity index (χ1v) is 8.54. The van der Waals surface area contributed by atoms with Crippen LogP contribution in [-0.4, -0.2) is 32.6 Å². The Labute approximate surface area is 71.0 Å². The van der Waals surface area contributed by atoms with Crippen molar-refractivity contribution in [2.45, 2.75) is 38.0 Å². The Morgan fingerprint density at radius 1 is 1.20 bits per heavy atom. The Bertz CT molecular complexity index is 183. The summed E-state index contributed by atoms with van der Waals surface area (Å²) in [4.78, 5) is 0. The zero-order valence-electron chi connectivity index (χ0n) is 6.71. The third kappa shape index (κ3) is 0.840. The fourth-order valence-electron chi connectivity index (χ4n) is 2.76. The quantitative estimate of drug-likeness (QED) is 0.435. The summed E-state index contributed by atoms with van der Waals surface area (Å²) in [7, 11) is 0. The van der Waals surface area contributed by atoms with Crippen molar-refractivity contribution in [2.24, 2.45) is 5.92 Å². The molecule has 2 bridgehead atoms. The molecule has 2 atom stereocenters. The molecule has 0 radical (unpaired) electrons. The van der Waals surface area contributed by atoms with Crippen LogP contribution < -0.4 is 0 Å². The van der Waals surface area contributed by atoms with E-state index in [-0.39, 0.29) is 0 Å². The number of fused-ring (bicyclic) bond motifs is 2. The molecule has 2 aliphatic rings. The van der Waals surface area contributed by atoms with Crippen LogP contribution in [0.2, 0.25) is 0 Å². The Morgan fingerprint density at radius 3 is 1.90 bits per heavy atom. The topological polar surface area (TPSA) is 0 Å². The molecule has 0 aromatic rings. The van der Waals surface area contributed by atoms with Crippen molar-refractivity contribution in [1.82, 2.24) is 0 Å². The maximum absolute atomic E-state index is 3.55. The predicted molar refractivity (Wildman–Crippen MR) is 49.2 cm³/mol. The normalized spacial score (nSPS) is 59.6. The van der Waals surface area contributed by atoms with Gasteiger partial charge in [-0.25, -0.2) is 0 Å². The number of hydrogen-bond donors (Lipinski definition) is 0. The van der Waals surface area contributed by atoms with Gasteiger partial charge in [-0.15, -0.1) is 0 Å². The number of hydrogen-bond acceptors (Lipinski definition) is 0. The summed E-state index contributed by atoms with van der Waals surface area (Å²) in [5.41, 5.74) is 1.58. The third-order valence-electron chi connectivity index (χ3n) is 3.38. The first-order chi connectivity index (χ1) is 4.63. The van der Waals surface area contributed by atoms with Crippen LogP contribution in [0.15, 0.2) is 0 Å². The summed E-state index contributed by atoms with van der Waals surface area (Å²) in [6.45, 7) is 4.92. The van der Waals surface area contributed by atoms with Gasteiger partial charge in [-0.3, -0.25) is 0 Å². The molecule has 0 aliphatic carbocycles. The second kappa shape index (κ2) is 2.22. The molecule has 0 N–H and O–H groups in total. The van der Waals surface area contributed by atoms with Crippen molar-refractivity contribution in [2.75, 3.05) is 6.16 Å². The molecule has 0 unspecified atom stereocenters. The maximum atomic E-state index is 3.55. The van der Waals surface area contributed by atoms with Gasteiger partial charge < -0.3 is 0 Å². The summed E-state index contributed by atoms with van der Waals surface area (Å²) in [6, 6.07) is 0. The second-order valence-corrected chi connectivity index (χ2v) is 12.2. The minimum absolute atomic E-state index is 0.534. The van der Waals surface area contributed by atoms with Gasteiger partial charge in [0.25, 0.3) is 0 Å². The van der Waals surface area contributed by atoms with Crippen LogP contribution in [0.1, 0.15) is 26.7 Å². The summed E-state index contributed by atoms with van der Waals surface area (Å²) < 4.78 is 0. The average Bonchev–Trinajstić information content (AvgIpc) is 2.20. The van der Waals surface area contributed by atoms with Crippen molar-refractivity contribution in [3.63, 3.8) is 0 Å². The van der Waals surface area contributed by atoms with E-state index < -0.39 is 5.51 Å². The fraction of sp³-hybridized carbons (Fsp3) is 1.00. The second-order valence-electron chi connectivity index (χ2n) is 4.07. The summed E-state index contributed by atoms with van der Waals surface area (Å²) >= 11 is 3.55. The van der Waals surface area contributed by atoms with Crippen LogP contribution >= 0.6 is 5.51 Å². The molecule has 0 aromatic carbocycles. The van der Waals surface area contributed by atoms with Crippen LogP contribution in [0.25, 0.3) is 0 Å². The summed E-state index contributed by atoms with van der Waals surface area (Å²) in [6.07, 6.45) is 4.64. The Kier molecular flexibility index (Phi) is 1.68. The van der Waals surface area contributed by atoms with Crippen LogP contribution in [0.5, 0.6) is 0 Å². The van der Waals surface area contributed by atoms with E-state index in [0.717, 1.165) is 17.2 Å². The van der Waals surface area contributed by atoms with Gasteiger partial charge in [-0.05, 0) is 0 Å². The average molecular weight is 221 g/mol. The van der Waals surface area contributed by atoms with Crippen molar-refractivity contribution < 1.29 is 0 Å². The van der Waals surface area contributed by atoms with Crippen molar-refractivity contribution in [3.8, 4) is 0 Å². The van der Waals surface area contributed by atoms with Gasteiger partial charge >= 0.3 is 70.7 Å². The van der Waals surface area contributed by atoms with E-state index in [1.165, 1.54) is 12.8 Å². The predicted octanol–water partition coefficient (Wildman–Crippen LogP) is 2.29.